The average molecular weight is 249 g/mol. The monoisotopic (exact) mass is 249 g/mol. The lowest BCUT2D eigenvalue weighted by molar-refractivity contribution is 0.184. The topological polar surface area (TPSA) is 81.8 Å². The fourth-order valence-electron chi connectivity index (χ4n) is 0.975. The molecule has 0 aromatic rings. The Morgan fingerprint density at radius 1 is 1.38 bits per heavy atom. The standard InChI is InChI=1S/C10H20NO4P/c1-2-3-9-14-16(12,13)15-10-7-5-4-6-8-11/h2,9H,4-8,10-11H2,1H3,(H,12,13). The van der Waals surface area contributed by atoms with Gasteiger partial charge in [-0.2, -0.15) is 0 Å². The molecular formula is C10H20NO4P. The van der Waals surface area contributed by atoms with Crippen LogP contribution in [0.3, 0.4) is 0 Å². The molecule has 0 rings (SSSR count). The molecular weight excluding hydrogens is 229 g/mol. The molecule has 0 saturated heterocycles. The molecule has 94 valence electrons. The molecule has 0 aromatic carbocycles. The van der Waals surface area contributed by atoms with Gasteiger partial charge in [-0.3, -0.25) is 9.42 Å². The normalized spacial score (nSPS) is 13.7. The summed E-state index contributed by atoms with van der Waals surface area (Å²) < 4.78 is 20.4. The lowest BCUT2D eigenvalue weighted by Gasteiger charge is -2.09. The number of phosphoric acid groups is 1. The van der Waals surface area contributed by atoms with Gasteiger partial charge in [-0.05, 0) is 32.4 Å². The highest BCUT2D eigenvalue weighted by Crippen LogP contribution is 2.43. The molecule has 0 aromatic heterocycles. The third-order valence-corrected chi connectivity index (χ3v) is 2.65. The summed E-state index contributed by atoms with van der Waals surface area (Å²) in [6.45, 7) is 2.61. The Hall–Kier alpha value is -0.570. The molecule has 5 nitrogen and oxygen atoms in total. The smallest absolute Gasteiger partial charge is 0.404 e. The minimum Gasteiger partial charge on any atom is -0.404 e. The summed E-state index contributed by atoms with van der Waals surface area (Å²) in [4.78, 5) is 9.15. The lowest BCUT2D eigenvalue weighted by Crippen LogP contribution is -1.99. The van der Waals surface area contributed by atoms with Gasteiger partial charge >= 0.3 is 7.82 Å². The summed E-state index contributed by atoms with van der Waals surface area (Å²) in [5.41, 5.74) is 7.86. The maximum absolute atomic E-state index is 11.2. The average Bonchev–Trinajstić information content (AvgIpc) is 2.23. The number of rotatable bonds is 9. The number of hydrogen-bond acceptors (Lipinski definition) is 4. The van der Waals surface area contributed by atoms with Crippen molar-refractivity contribution in [2.45, 2.75) is 32.6 Å². The summed E-state index contributed by atoms with van der Waals surface area (Å²) in [7, 11) is -3.94. The number of phosphoric ester groups is 1. The first-order valence-corrected chi connectivity index (χ1v) is 6.83. The second-order valence-corrected chi connectivity index (χ2v) is 4.59. The third-order valence-electron chi connectivity index (χ3n) is 1.77. The SMILES string of the molecule is CC=C=COP(=O)(O)OCCCCCCN. The summed E-state index contributed by atoms with van der Waals surface area (Å²) in [6, 6.07) is 0. The summed E-state index contributed by atoms with van der Waals surface area (Å²) in [5.74, 6) is 0. The van der Waals surface area contributed by atoms with Crippen molar-refractivity contribution >= 4 is 7.82 Å². The molecule has 0 heterocycles. The van der Waals surface area contributed by atoms with Gasteiger partial charge in [-0.1, -0.05) is 18.6 Å². The number of unbranched alkanes of at least 4 members (excludes halogenated alkanes) is 3. The van der Waals surface area contributed by atoms with E-state index in [1.165, 1.54) is 0 Å². The van der Waals surface area contributed by atoms with Crippen molar-refractivity contribution in [2.75, 3.05) is 13.2 Å². The molecule has 0 fully saturated rings. The van der Waals surface area contributed by atoms with E-state index in [1.807, 2.05) is 0 Å². The van der Waals surface area contributed by atoms with Gasteiger partial charge in [0, 0.05) is 0 Å². The van der Waals surface area contributed by atoms with E-state index >= 15 is 0 Å². The maximum atomic E-state index is 11.2. The molecule has 1 atom stereocenters. The first-order valence-electron chi connectivity index (χ1n) is 5.34. The van der Waals surface area contributed by atoms with Crippen molar-refractivity contribution in [2.24, 2.45) is 5.73 Å². The van der Waals surface area contributed by atoms with Crippen LogP contribution in [0.15, 0.2) is 18.1 Å². The van der Waals surface area contributed by atoms with E-state index < -0.39 is 7.82 Å². The van der Waals surface area contributed by atoms with Crippen LogP contribution >= 0.6 is 7.82 Å². The zero-order valence-corrected chi connectivity index (χ0v) is 10.5. The lowest BCUT2D eigenvalue weighted by atomic mass is 10.2. The Morgan fingerprint density at radius 2 is 2.06 bits per heavy atom. The molecule has 0 aliphatic rings. The van der Waals surface area contributed by atoms with Crippen molar-refractivity contribution in [3.8, 4) is 0 Å². The van der Waals surface area contributed by atoms with Crippen LogP contribution in [0.25, 0.3) is 0 Å². The third kappa shape index (κ3) is 9.97. The Morgan fingerprint density at radius 3 is 2.69 bits per heavy atom. The van der Waals surface area contributed by atoms with Gasteiger partial charge in [-0.15, -0.1) is 0 Å². The minimum atomic E-state index is -3.94. The minimum absolute atomic E-state index is 0.210. The van der Waals surface area contributed by atoms with E-state index in [4.69, 9.17) is 15.2 Å². The van der Waals surface area contributed by atoms with Crippen molar-refractivity contribution < 1.29 is 18.5 Å². The van der Waals surface area contributed by atoms with Crippen LogP contribution in [0.4, 0.5) is 0 Å². The fourth-order valence-corrected chi connectivity index (χ4v) is 1.59. The highest BCUT2D eigenvalue weighted by atomic mass is 31.2. The number of allylic oxidation sites excluding steroid dienone is 1. The molecule has 0 radical (unpaired) electrons. The van der Waals surface area contributed by atoms with Gasteiger partial charge in [0.1, 0.15) is 6.26 Å². The Bertz CT molecular complexity index is 274. The quantitative estimate of drug-likeness (QED) is 0.283. The predicted octanol–water partition coefficient (Wildman–Crippen LogP) is 2.33. The highest BCUT2D eigenvalue weighted by Gasteiger charge is 2.19. The largest absolute Gasteiger partial charge is 0.527 e. The second-order valence-electron chi connectivity index (χ2n) is 3.18. The Labute approximate surface area is 96.6 Å². The van der Waals surface area contributed by atoms with Crippen LogP contribution in [-0.2, 0) is 13.6 Å². The number of nitrogens with two attached hydrogens (primary N) is 1. The first kappa shape index (κ1) is 15.4. The zero-order chi connectivity index (χ0) is 12.3. The van der Waals surface area contributed by atoms with Gasteiger partial charge in [-0.25, -0.2) is 4.57 Å². The molecule has 16 heavy (non-hydrogen) atoms. The van der Waals surface area contributed by atoms with Crippen LogP contribution in [-0.4, -0.2) is 18.0 Å². The maximum Gasteiger partial charge on any atom is 0.527 e. The van der Waals surface area contributed by atoms with E-state index in [2.05, 4.69) is 10.3 Å². The van der Waals surface area contributed by atoms with Crippen molar-refractivity contribution in [1.82, 2.24) is 0 Å². The van der Waals surface area contributed by atoms with Crippen LogP contribution in [0.1, 0.15) is 32.6 Å². The fraction of sp³-hybridized carbons (Fsp3) is 0.700. The van der Waals surface area contributed by atoms with Crippen LogP contribution in [0.2, 0.25) is 0 Å². The first-order chi connectivity index (χ1) is 7.62. The van der Waals surface area contributed by atoms with Crippen molar-refractivity contribution in [3.05, 3.63) is 18.1 Å². The van der Waals surface area contributed by atoms with Crippen LogP contribution < -0.4 is 5.73 Å². The predicted molar refractivity (Wildman–Crippen MR) is 62.7 cm³/mol. The van der Waals surface area contributed by atoms with Gasteiger partial charge in [0.05, 0.1) is 6.61 Å². The molecule has 0 amide bonds. The molecule has 0 spiro atoms. The van der Waals surface area contributed by atoms with E-state index in [0.717, 1.165) is 31.9 Å². The van der Waals surface area contributed by atoms with Crippen LogP contribution in [0.5, 0.6) is 0 Å². The van der Waals surface area contributed by atoms with Gasteiger partial charge in [0.2, 0.25) is 0 Å². The van der Waals surface area contributed by atoms with Crippen molar-refractivity contribution in [3.63, 3.8) is 0 Å². The molecule has 6 heteroatoms. The highest BCUT2D eigenvalue weighted by molar-refractivity contribution is 7.47. The summed E-state index contributed by atoms with van der Waals surface area (Å²) >= 11 is 0. The number of hydrogen-bond donors (Lipinski definition) is 2. The Balaban J connectivity index is 3.58. The summed E-state index contributed by atoms with van der Waals surface area (Å²) in [5, 5.41) is 0. The van der Waals surface area contributed by atoms with Crippen molar-refractivity contribution in [1.29, 1.82) is 0 Å². The van der Waals surface area contributed by atoms with E-state index in [9.17, 15) is 4.57 Å². The summed E-state index contributed by atoms with van der Waals surface area (Å²) in [6.07, 6.45) is 6.22. The van der Waals surface area contributed by atoms with E-state index in [1.54, 1.807) is 13.0 Å². The molecule has 0 aliphatic carbocycles. The second kappa shape index (κ2) is 9.64. The van der Waals surface area contributed by atoms with Gasteiger partial charge in [0.25, 0.3) is 0 Å². The molecule has 3 N–H and O–H groups in total. The van der Waals surface area contributed by atoms with Gasteiger partial charge in [0.15, 0.2) is 0 Å². The molecule has 0 bridgehead atoms. The van der Waals surface area contributed by atoms with E-state index in [0.29, 0.717) is 6.54 Å². The molecule has 0 saturated carbocycles. The van der Waals surface area contributed by atoms with E-state index in [-0.39, 0.29) is 6.61 Å². The zero-order valence-electron chi connectivity index (χ0n) is 9.59. The Kier molecular flexibility index (Phi) is 9.30. The molecule has 1 unspecified atom stereocenters. The molecule has 0 aliphatic heterocycles. The van der Waals surface area contributed by atoms with Crippen LogP contribution in [0, 0.1) is 0 Å². The van der Waals surface area contributed by atoms with Gasteiger partial charge < -0.3 is 10.3 Å².